The van der Waals surface area contributed by atoms with Crippen molar-refractivity contribution in [3.05, 3.63) is 48.1 Å². The second-order valence-electron chi connectivity index (χ2n) is 3.01. The van der Waals surface area contributed by atoms with Gasteiger partial charge in [-0.25, -0.2) is 8.78 Å². The fraction of sp³-hybridized carbons (Fsp3) is 0.200. The van der Waals surface area contributed by atoms with E-state index in [1.807, 2.05) is 0 Å². The summed E-state index contributed by atoms with van der Waals surface area (Å²) < 4.78 is 30.5. The molecule has 1 fully saturated rings. The molecule has 0 spiro atoms. The SMILES string of the molecule is C=CC1(c2ccc(F)c(F)c2)CO1. The zero-order valence-electron chi connectivity index (χ0n) is 6.89. The highest BCUT2D eigenvalue weighted by atomic mass is 19.2. The molecule has 1 heterocycles. The molecule has 68 valence electrons. The van der Waals surface area contributed by atoms with Gasteiger partial charge in [0.2, 0.25) is 0 Å². The zero-order valence-corrected chi connectivity index (χ0v) is 6.89. The van der Waals surface area contributed by atoms with Gasteiger partial charge in [0.15, 0.2) is 11.6 Å². The van der Waals surface area contributed by atoms with Gasteiger partial charge in [-0.1, -0.05) is 18.7 Å². The third-order valence-electron chi connectivity index (χ3n) is 2.19. The van der Waals surface area contributed by atoms with Crippen molar-refractivity contribution < 1.29 is 13.5 Å². The van der Waals surface area contributed by atoms with Crippen LogP contribution in [0, 0.1) is 11.6 Å². The normalized spacial score (nSPS) is 25.7. The minimum atomic E-state index is -0.853. The van der Waals surface area contributed by atoms with Gasteiger partial charge in [-0.3, -0.25) is 0 Å². The molecule has 1 aromatic rings. The quantitative estimate of drug-likeness (QED) is 0.505. The number of benzene rings is 1. The molecule has 0 aliphatic carbocycles. The van der Waals surface area contributed by atoms with Crippen molar-refractivity contribution in [2.45, 2.75) is 5.60 Å². The summed E-state index contributed by atoms with van der Waals surface area (Å²) >= 11 is 0. The predicted molar refractivity (Wildman–Crippen MR) is 44.2 cm³/mol. The minimum absolute atomic E-state index is 0.488. The summed E-state index contributed by atoms with van der Waals surface area (Å²) in [4.78, 5) is 0. The Kier molecular flexibility index (Phi) is 1.70. The lowest BCUT2D eigenvalue weighted by Crippen LogP contribution is -2.04. The van der Waals surface area contributed by atoms with E-state index in [1.54, 1.807) is 6.08 Å². The Morgan fingerprint density at radius 2 is 2.08 bits per heavy atom. The highest BCUT2D eigenvalue weighted by Crippen LogP contribution is 2.39. The van der Waals surface area contributed by atoms with Crippen molar-refractivity contribution in [3.8, 4) is 0 Å². The van der Waals surface area contributed by atoms with Crippen LogP contribution in [0.2, 0.25) is 0 Å². The van der Waals surface area contributed by atoms with Crippen LogP contribution in [0.3, 0.4) is 0 Å². The molecule has 1 saturated heterocycles. The van der Waals surface area contributed by atoms with Gasteiger partial charge in [-0.05, 0) is 17.7 Å². The summed E-state index contributed by atoms with van der Waals surface area (Å²) in [5, 5.41) is 0. The lowest BCUT2D eigenvalue weighted by molar-refractivity contribution is 0.356. The molecule has 1 nitrogen and oxygen atoms in total. The van der Waals surface area contributed by atoms with E-state index in [0.29, 0.717) is 12.2 Å². The smallest absolute Gasteiger partial charge is 0.159 e. The molecule has 0 N–H and O–H groups in total. The Hall–Kier alpha value is -1.22. The Balaban J connectivity index is 2.42. The van der Waals surface area contributed by atoms with Crippen LogP contribution >= 0.6 is 0 Å². The molecule has 1 aliphatic rings. The average Bonchev–Trinajstić information content (AvgIpc) is 2.90. The van der Waals surface area contributed by atoms with Crippen molar-refractivity contribution >= 4 is 0 Å². The topological polar surface area (TPSA) is 12.5 Å². The molecule has 13 heavy (non-hydrogen) atoms. The van der Waals surface area contributed by atoms with E-state index < -0.39 is 17.2 Å². The number of hydrogen-bond donors (Lipinski definition) is 0. The van der Waals surface area contributed by atoms with E-state index in [2.05, 4.69) is 6.58 Å². The van der Waals surface area contributed by atoms with Crippen LogP contribution in [-0.4, -0.2) is 6.61 Å². The second-order valence-corrected chi connectivity index (χ2v) is 3.01. The first-order valence-electron chi connectivity index (χ1n) is 3.91. The maximum atomic E-state index is 12.8. The molecular formula is C10H8F2O. The number of rotatable bonds is 2. The maximum absolute atomic E-state index is 12.8. The molecule has 3 heteroatoms. The number of hydrogen-bond acceptors (Lipinski definition) is 1. The Morgan fingerprint density at radius 3 is 2.54 bits per heavy atom. The molecule has 1 aliphatic heterocycles. The molecule has 0 amide bonds. The van der Waals surface area contributed by atoms with Gasteiger partial charge in [0, 0.05) is 0 Å². The van der Waals surface area contributed by atoms with E-state index >= 15 is 0 Å². The van der Waals surface area contributed by atoms with Gasteiger partial charge in [0.25, 0.3) is 0 Å². The van der Waals surface area contributed by atoms with Crippen LogP contribution < -0.4 is 0 Å². The van der Waals surface area contributed by atoms with Crippen molar-refractivity contribution in [2.24, 2.45) is 0 Å². The summed E-state index contributed by atoms with van der Waals surface area (Å²) in [6, 6.07) is 3.74. The fourth-order valence-corrected chi connectivity index (χ4v) is 1.24. The first kappa shape index (κ1) is 8.38. The Morgan fingerprint density at radius 1 is 1.38 bits per heavy atom. The van der Waals surface area contributed by atoms with Gasteiger partial charge in [-0.2, -0.15) is 0 Å². The van der Waals surface area contributed by atoms with Gasteiger partial charge in [0.1, 0.15) is 5.60 Å². The van der Waals surface area contributed by atoms with Crippen LogP contribution in [0.25, 0.3) is 0 Å². The van der Waals surface area contributed by atoms with Gasteiger partial charge >= 0.3 is 0 Å². The first-order chi connectivity index (χ1) is 6.18. The number of epoxide rings is 1. The van der Waals surface area contributed by atoms with Crippen LogP contribution in [0.15, 0.2) is 30.9 Å². The summed E-state index contributed by atoms with van der Waals surface area (Å²) in [6.07, 6.45) is 1.60. The number of ether oxygens (including phenoxy) is 1. The van der Waals surface area contributed by atoms with E-state index in [0.717, 1.165) is 12.1 Å². The van der Waals surface area contributed by atoms with E-state index in [-0.39, 0.29) is 0 Å². The third-order valence-corrected chi connectivity index (χ3v) is 2.19. The van der Waals surface area contributed by atoms with E-state index in [1.165, 1.54) is 6.07 Å². The van der Waals surface area contributed by atoms with Crippen molar-refractivity contribution in [3.63, 3.8) is 0 Å². The average molecular weight is 182 g/mol. The highest BCUT2D eigenvalue weighted by molar-refractivity contribution is 5.32. The van der Waals surface area contributed by atoms with Crippen LogP contribution in [0.5, 0.6) is 0 Å². The molecular weight excluding hydrogens is 174 g/mol. The summed E-state index contributed by atoms with van der Waals surface area (Å²) in [7, 11) is 0. The van der Waals surface area contributed by atoms with Crippen LogP contribution in [0.1, 0.15) is 5.56 Å². The van der Waals surface area contributed by atoms with Crippen molar-refractivity contribution in [1.29, 1.82) is 0 Å². The highest BCUT2D eigenvalue weighted by Gasteiger charge is 2.43. The molecule has 0 radical (unpaired) electrons. The Bertz CT molecular complexity index is 356. The van der Waals surface area contributed by atoms with Gasteiger partial charge in [0.05, 0.1) is 6.61 Å². The maximum Gasteiger partial charge on any atom is 0.159 e. The zero-order chi connectivity index (χ0) is 9.47. The van der Waals surface area contributed by atoms with Crippen LogP contribution in [-0.2, 0) is 10.3 Å². The van der Waals surface area contributed by atoms with Crippen molar-refractivity contribution in [2.75, 3.05) is 6.61 Å². The fourth-order valence-electron chi connectivity index (χ4n) is 1.24. The molecule has 0 saturated carbocycles. The third kappa shape index (κ3) is 1.25. The summed E-state index contributed by atoms with van der Waals surface area (Å²) in [6.45, 7) is 4.07. The van der Waals surface area contributed by atoms with Crippen molar-refractivity contribution in [1.82, 2.24) is 0 Å². The molecule has 2 rings (SSSR count). The molecule has 0 bridgehead atoms. The predicted octanol–water partition coefficient (Wildman–Crippen LogP) is 2.38. The summed E-state index contributed by atoms with van der Waals surface area (Å²) in [5.74, 6) is -1.70. The standard InChI is InChI=1S/C10H8F2O/c1-2-10(6-13-10)7-3-4-8(11)9(12)5-7/h2-5H,1,6H2. The van der Waals surface area contributed by atoms with Crippen LogP contribution in [0.4, 0.5) is 8.78 Å². The monoisotopic (exact) mass is 182 g/mol. The van der Waals surface area contributed by atoms with E-state index in [4.69, 9.17) is 4.74 Å². The van der Waals surface area contributed by atoms with Gasteiger partial charge in [-0.15, -0.1) is 0 Å². The first-order valence-corrected chi connectivity index (χ1v) is 3.91. The Labute approximate surface area is 74.6 Å². The molecule has 0 aromatic heterocycles. The largest absolute Gasteiger partial charge is 0.360 e. The minimum Gasteiger partial charge on any atom is -0.360 e. The lowest BCUT2D eigenvalue weighted by Gasteiger charge is -2.06. The second kappa shape index (κ2) is 2.64. The summed E-state index contributed by atoms with van der Waals surface area (Å²) in [5.41, 5.74) is 0.0375. The number of halogens is 2. The van der Waals surface area contributed by atoms with E-state index in [9.17, 15) is 8.78 Å². The molecule has 1 atom stereocenters. The lowest BCUT2D eigenvalue weighted by atomic mass is 10.0. The molecule has 1 unspecified atom stereocenters. The van der Waals surface area contributed by atoms with Gasteiger partial charge < -0.3 is 4.74 Å². The molecule has 1 aromatic carbocycles.